The number of hydrogen-bond donors (Lipinski definition) is 1. The molecule has 1 aromatic carbocycles. The number of amides is 2. The third-order valence-corrected chi connectivity index (χ3v) is 7.08. The van der Waals surface area contributed by atoms with Crippen molar-refractivity contribution in [2.24, 2.45) is 5.92 Å². The van der Waals surface area contributed by atoms with Gasteiger partial charge in [0.2, 0.25) is 11.8 Å². The van der Waals surface area contributed by atoms with Gasteiger partial charge in [0.05, 0.1) is 10.7 Å². The quantitative estimate of drug-likeness (QED) is 0.684. The Bertz CT molecular complexity index is 889. The van der Waals surface area contributed by atoms with Crippen molar-refractivity contribution in [1.82, 2.24) is 15.2 Å². The highest BCUT2D eigenvalue weighted by atomic mass is 32.1. The van der Waals surface area contributed by atoms with Crippen molar-refractivity contribution in [3.05, 3.63) is 58.1 Å². The van der Waals surface area contributed by atoms with Crippen LogP contribution < -0.4 is 5.32 Å². The molecule has 1 aliphatic carbocycles. The molecule has 5 nitrogen and oxygen atoms in total. The first-order chi connectivity index (χ1) is 14.7. The average Bonchev–Trinajstić information content (AvgIpc) is 3.20. The average molecular weight is 424 g/mol. The van der Waals surface area contributed by atoms with Crippen molar-refractivity contribution >= 4 is 29.2 Å². The first kappa shape index (κ1) is 20.8. The summed E-state index contributed by atoms with van der Waals surface area (Å²) in [6, 6.07) is 9.90. The molecular weight excluding hydrogens is 394 g/mol. The van der Waals surface area contributed by atoms with E-state index >= 15 is 0 Å². The number of piperidine rings is 1. The van der Waals surface area contributed by atoms with Crippen LogP contribution in [0, 0.1) is 5.92 Å². The highest BCUT2D eigenvalue weighted by Crippen LogP contribution is 2.30. The van der Waals surface area contributed by atoms with E-state index in [0.717, 1.165) is 61.5 Å². The van der Waals surface area contributed by atoms with E-state index in [9.17, 15) is 9.59 Å². The summed E-state index contributed by atoms with van der Waals surface area (Å²) in [5.74, 6) is 0.801. The molecule has 2 fully saturated rings. The summed E-state index contributed by atoms with van der Waals surface area (Å²) < 4.78 is 0. The van der Waals surface area contributed by atoms with Crippen LogP contribution in [0.2, 0.25) is 0 Å². The number of thiazole rings is 1. The molecule has 1 saturated carbocycles. The Labute approximate surface area is 182 Å². The third kappa shape index (κ3) is 5.36. The molecule has 0 radical (unpaired) electrons. The van der Waals surface area contributed by atoms with Gasteiger partial charge in [-0.3, -0.25) is 9.59 Å². The highest BCUT2D eigenvalue weighted by Gasteiger charge is 2.26. The highest BCUT2D eigenvalue weighted by molar-refractivity contribution is 7.09. The Kier molecular flexibility index (Phi) is 6.95. The molecule has 1 atom stereocenters. The first-order valence-electron chi connectivity index (χ1n) is 10.9. The fourth-order valence-corrected chi connectivity index (χ4v) is 4.95. The Morgan fingerprint density at radius 3 is 2.77 bits per heavy atom. The van der Waals surface area contributed by atoms with E-state index < -0.39 is 0 Å². The van der Waals surface area contributed by atoms with Crippen molar-refractivity contribution in [1.29, 1.82) is 0 Å². The standard InChI is InChI=1S/C24H29N3O2S/c28-22(12-11-18-6-2-1-3-7-18)27-15-5-10-20(16-27)24-26-21(17-30-24)13-14-25-23(29)19-8-4-9-19/h1-3,6-7,11-12,17,19-20H,4-5,8-10,13-16H2,(H,25,29)/b12-11+/t20-/m0/s1. The summed E-state index contributed by atoms with van der Waals surface area (Å²) in [7, 11) is 0. The minimum Gasteiger partial charge on any atom is -0.355 e. The maximum absolute atomic E-state index is 12.6. The van der Waals surface area contributed by atoms with Gasteiger partial charge in [0.15, 0.2) is 0 Å². The molecule has 1 aliphatic heterocycles. The zero-order chi connectivity index (χ0) is 20.8. The van der Waals surface area contributed by atoms with Gasteiger partial charge in [-0.25, -0.2) is 4.98 Å². The second-order valence-electron chi connectivity index (χ2n) is 8.21. The SMILES string of the molecule is O=C(NCCc1csc([C@H]2CCCN(C(=O)/C=C/c3ccccc3)C2)n1)C1CCC1. The van der Waals surface area contributed by atoms with Gasteiger partial charge < -0.3 is 10.2 Å². The van der Waals surface area contributed by atoms with Crippen LogP contribution in [0.4, 0.5) is 0 Å². The van der Waals surface area contributed by atoms with E-state index in [2.05, 4.69) is 10.7 Å². The van der Waals surface area contributed by atoms with Crippen LogP contribution in [0.5, 0.6) is 0 Å². The van der Waals surface area contributed by atoms with Crippen LogP contribution in [0.25, 0.3) is 6.08 Å². The lowest BCUT2D eigenvalue weighted by molar-refractivity contribution is -0.128. The van der Waals surface area contributed by atoms with Crippen LogP contribution >= 0.6 is 11.3 Å². The van der Waals surface area contributed by atoms with E-state index in [1.807, 2.05) is 41.3 Å². The van der Waals surface area contributed by atoms with Gasteiger partial charge >= 0.3 is 0 Å². The predicted octanol–water partition coefficient (Wildman–Crippen LogP) is 4.02. The van der Waals surface area contributed by atoms with Crippen molar-refractivity contribution in [3.8, 4) is 0 Å². The molecule has 1 N–H and O–H groups in total. The minimum absolute atomic E-state index is 0.0686. The topological polar surface area (TPSA) is 62.3 Å². The van der Waals surface area contributed by atoms with Gasteiger partial charge in [0.1, 0.15) is 0 Å². The molecule has 1 saturated heterocycles. The van der Waals surface area contributed by atoms with Crippen LogP contribution in [0.1, 0.15) is 54.3 Å². The summed E-state index contributed by atoms with van der Waals surface area (Å²) in [6.45, 7) is 2.18. The maximum Gasteiger partial charge on any atom is 0.246 e. The molecule has 30 heavy (non-hydrogen) atoms. The number of carbonyl (C=O) groups excluding carboxylic acids is 2. The first-order valence-corrected chi connectivity index (χ1v) is 11.8. The molecule has 0 spiro atoms. The smallest absolute Gasteiger partial charge is 0.246 e. The molecule has 4 rings (SSSR count). The summed E-state index contributed by atoms with van der Waals surface area (Å²) >= 11 is 1.68. The number of likely N-dealkylation sites (tertiary alicyclic amines) is 1. The zero-order valence-electron chi connectivity index (χ0n) is 17.3. The van der Waals surface area contributed by atoms with E-state index in [-0.39, 0.29) is 17.7 Å². The summed E-state index contributed by atoms with van der Waals surface area (Å²) in [4.78, 5) is 31.3. The zero-order valence-corrected chi connectivity index (χ0v) is 18.1. The molecule has 2 aromatic rings. The predicted molar refractivity (Wildman–Crippen MR) is 120 cm³/mol. The normalized spacial score (nSPS) is 19.6. The molecule has 2 aliphatic rings. The van der Waals surface area contributed by atoms with Crippen LogP contribution in [0.15, 0.2) is 41.8 Å². The lowest BCUT2D eigenvalue weighted by Crippen LogP contribution is -2.38. The Morgan fingerprint density at radius 1 is 1.17 bits per heavy atom. The number of benzene rings is 1. The fourth-order valence-electron chi connectivity index (χ4n) is 3.97. The lowest BCUT2D eigenvalue weighted by atomic mass is 9.85. The molecule has 2 heterocycles. The third-order valence-electron chi connectivity index (χ3n) is 6.03. The number of aromatic nitrogens is 1. The Balaban J connectivity index is 1.27. The van der Waals surface area contributed by atoms with Gasteiger partial charge in [0.25, 0.3) is 0 Å². The van der Waals surface area contributed by atoms with Gasteiger partial charge in [-0.1, -0.05) is 36.8 Å². The summed E-state index contributed by atoms with van der Waals surface area (Å²) in [6.07, 6.45) is 9.63. The molecule has 6 heteroatoms. The fraction of sp³-hybridized carbons (Fsp3) is 0.458. The van der Waals surface area contributed by atoms with Crippen molar-refractivity contribution in [2.45, 2.75) is 44.4 Å². The Hall–Kier alpha value is -2.47. The largest absolute Gasteiger partial charge is 0.355 e. The van der Waals surface area contributed by atoms with Gasteiger partial charge in [-0.15, -0.1) is 11.3 Å². The molecule has 158 valence electrons. The number of nitrogens with zero attached hydrogens (tertiary/aromatic N) is 2. The van der Waals surface area contributed by atoms with Crippen LogP contribution in [-0.2, 0) is 16.0 Å². The number of nitrogens with one attached hydrogen (secondary N) is 1. The van der Waals surface area contributed by atoms with E-state index in [0.29, 0.717) is 12.5 Å². The van der Waals surface area contributed by atoms with E-state index in [4.69, 9.17) is 4.98 Å². The number of carbonyl (C=O) groups is 2. The summed E-state index contributed by atoms with van der Waals surface area (Å²) in [5, 5.41) is 6.25. The molecule has 0 unspecified atom stereocenters. The van der Waals surface area contributed by atoms with Crippen molar-refractivity contribution in [2.75, 3.05) is 19.6 Å². The van der Waals surface area contributed by atoms with E-state index in [1.54, 1.807) is 17.4 Å². The number of hydrogen-bond acceptors (Lipinski definition) is 4. The number of rotatable bonds is 7. The molecule has 0 bridgehead atoms. The second-order valence-corrected chi connectivity index (χ2v) is 9.10. The van der Waals surface area contributed by atoms with Crippen molar-refractivity contribution in [3.63, 3.8) is 0 Å². The van der Waals surface area contributed by atoms with Crippen LogP contribution in [-0.4, -0.2) is 41.3 Å². The van der Waals surface area contributed by atoms with Crippen LogP contribution in [0.3, 0.4) is 0 Å². The molecule has 1 aromatic heterocycles. The van der Waals surface area contributed by atoms with Gasteiger partial charge in [-0.05, 0) is 37.3 Å². The van der Waals surface area contributed by atoms with E-state index in [1.165, 1.54) is 6.42 Å². The second kappa shape index (κ2) is 10.0. The maximum atomic E-state index is 12.6. The lowest BCUT2D eigenvalue weighted by Gasteiger charge is -2.31. The molecule has 2 amide bonds. The summed E-state index contributed by atoms with van der Waals surface area (Å²) in [5.41, 5.74) is 2.07. The van der Waals surface area contributed by atoms with Crippen molar-refractivity contribution < 1.29 is 9.59 Å². The van der Waals surface area contributed by atoms with Gasteiger partial charge in [-0.2, -0.15) is 0 Å². The Morgan fingerprint density at radius 2 is 2.00 bits per heavy atom. The van der Waals surface area contributed by atoms with Gasteiger partial charge in [0, 0.05) is 49.3 Å². The monoisotopic (exact) mass is 423 g/mol. The minimum atomic E-state index is 0.0686. The molecular formula is C24H29N3O2S.